The molecule has 1 aliphatic rings. The third kappa shape index (κ3) is 4.17. The normalized spacial score (nSPS) is 18.8. The zero-order valence-electron chi connectivity index (χ0n) is 13.9. The number of hydrogen-bond donors (Lipinski definition) is 1. The third-order valence-electron chi connectivity index (χ3n) is 4.07. The number of nitrogens with zero attached hydrogens (tertiary/aromatic N) is 2. The summed E-state index contributed by atoms with van der Waals surface area (Å²) < 4.78 is 56.9. The van der Waals surface area contributed by atoms with Gasteiger partial charge in [0.2, 0.25) is 10.0 Å². The molecule has 1 aromatic heterocycles. The van der Waals surface area contributed by atoms with Gasteiger partial charge in [-0.25, -0.2) is 17.2 Å². The standard InChI is InChI=1S/C17H19F2N3O3S/c18-17(19)12-25-14-3-5-15(6-4-14)26(23,24)22-9-8-21-11-16(22)13-2-1-7-20-10-13/h1-7,10,16-17,21H,8-9,11-12H2. The van der Waals surface area contributed by atoms with Crippen LogP contribution in [-0.2, 0) is 10.0 Å². The van der Waals surface area contributed by atoms with Crippen molar-refractivity contribution in [1.82, 2.24) is 14.6 Å². The van der Waals surface area contributed by atoms with Gasteiger partial charge >= 0.3 is 0 Å². The van der Waals surface area contributed by atoms with Gasteiger partial charge in [-0.15, -0.1) is 0 Å². The molecule has 1 aromatic carbocycles. The minimum Gasteiger partial charge on any atom is -0.488 e. The van der Waals surface area contributed by atoms with Crippen molar-refractivity contribution in [2.24, 2.45) is 0 Å². The van der Waals surface area contributed by atoms with Crippen molar-refractivity contribution in [2.75, 3.05) is 26.2 Å². The Hall–Kier alpha value is -2.10. The van der Waals surface area contributed by atoms with E-state index in [2.05, 4.69) is 10.3 Å². The predicted molar refractivity (Wildman–Crippen MR) is 91.7 cm³/mol. The molecule has 0 aliphatic carbocycles. The fourth-order valence-electron chi connectivity index (χ4n) is 2.83. The Bertz CT molecular complexity index is 817. The van der Waals surface area contributed by atoms with Crippen molar-refractivity contribution in [2.45, 2.75) is 17.4 Å². The highest BCUT2D eigenvalue weighted by Gasteiger charge is 2.34. The Morgan fingerprint density at radius 2 is 2.04 bits per heavy atom. The summed E-state index contributed by atoms with van der Waals surface area (Å²) in [7, 11) is -3.75. The Kier molecular flexibility index (Phi) is 5.80. The Labute approximate surface area is 150 Å². The maximum Gasteiger partial charge on any atom is 0.272 e. The Morgan fingerprint density at radius 3 is 2.69 bits per heavy atom. The molecule has 0 bridgehead atoms. The molecule has 0 radical (unpaired) electrons. The summed E-state index contributed by atoms with van der Waals surface area (Å²) in [5, 5.41) is 3.20. The number of rotatable bonds is 6. The highest BCUT2D eigenvalue weighted by molar-refractivity contribution is 7.89. The molecule has 0 spiro atoms. The molecule has 1 atom stereocenters. The van der Waals surface area contributed by atoms with E-state index in [4.69, 9.17) is 4.74 Å². The molecular formula is C17H19F2N3O3S. The van der Waals surface area contributed by atoms with Crippen LogP contribution in [0.4, 0.5) is 8.78 Å². The molecule has 1 fully saturated rings. The molecule has 1 saturated heterocycles. The minimum absolute atomic E-state index is 0.0951. The third-order valence-corrected chi connectivity index (χ3v) is 5.99. The quantitative estimate of drug-likeness (QED) is 0.827. The maximum atomic E-state index is 13.1. The SMILES string of the molecule is O=S(=O)(c1ccc(OCC(F)F)cc1)N1CCNCC1c1cccnc1. The lowest BCUT2D eigenvalue weighted by atomic mass is 10.1. The van der Waals surface area contributed by atoms with Crippen molar-refractivity contribution < 1.29 is 21.9 Å². The molecular weight excluding hydrogens is 364 g/mol. The summed E-state index contributed by atoms with van der Waals surface area (Å²) in [5.74, 6) is 0.202. The Morgan fingerprint density at radius 1 is 1.27 bits per heavy atom. The smallest absolute Gasteiger partial charge is 0.272 e. The van der Waals surface area contributed by atoms with Crippen LogP contribution in [0.2, 0.25) is 0 Å². The molecule has 26 heavy (non-hydrogen) atoms. The first kappa shape index (κ1) is 18.7. The largest absolute Gasteiger partial charge is 0.488 e. The lowest BCUT2D eigenvalue weighted by molar-refractivity contribution is 0.0819. The van der Waals surface area contributed by atoms with Crippen molar-refractivity contribution in [3.8, 4) is 5.75 Å². The lowest BCUT2D eigenvalue weighted by Crippen LogP contribution is -2.48. The van der Waals surface area contributed by atoms with Crippen LogP contribution in [0.5, 0.6) is 5.75 Å². The van der Waals surface area contributed by atoms with Crippen molar-refractivity contribution in [3.05, 3.63) is 54.4 Å². The summed E-state index contributed by atoms with van der Waals surface area (Å²) in [4.78, 5) is 4.16. The number of ether oxygens (including phenoxy) is 1. The van der Waals surface area contributed by atoms with Gasteiger partial charge in [0.15, 0.2) is 0 Å². The second kappa shape index (κ2) is 8.07. The first-order valence-electron chi connectivity index (χ1n) is 8.12. The first-order chi connectivity index (χ1) is 12.5. The highest BCUT2D eigenvalue weighted by Crippen LogP contribution is 2.29. The van der Waals surface area contributed by atoms with Crippen molar-refractivity contribution in [3.63, 3.8) is 0 Å². The van der Waals surface area contributed by atoms with E-state index >= 15 is 0 Å². The van der Waals surface area contributed by atoms with E-state index in [1.54, 1.807) is 18.5 Å². The van der Waals surface area contributed by atoms with Crippen LogP contribution in [0, 0.1) is 0 Å². The molecule has 3 rings (SSSR count). The molecule has 140 valence electrons. The van der Waals surface area contributed by atoms with E-state index in [0.29, 0.717) is 19.6 Å². The van der Waals surface area contributed by atoms with Gasteiger partial charge in [-0.3, -0.25) is 4.98 Å². The second-order valence-corrected chi connectivity index (χ2v) is 7.69. The molecule has 0 saturated carbocycles. The van der Waals surface area contributed by atoms with Crippen LogP contribution < -0.4 is 10.1 Å². The lowest BCUT2D eigenvalue weighted by Gasteiger charge is -2.35. The number of hydrogen-bond acceptors (Lipinski definition) is 5. The second-order valence-electron chi connectivity index (χ2n) is 5.80. The predicted octanol–water partition coefficient (Wildman–Crippen LogP) is 2.06. The van der Waals surface area contributed by atoms with Gasteiger partial charge in [0, 0.05) is 32.0 Å². The molecule has 1 N–H and O–H groups in total. The summed E-state index contributed by atoms with van der Waals surface area (Å²) in [6.45, 7) is 0.630. The number of sulfonamides is 1. The summed E-state index contributed by atoms with van der Waals surface area (Å²) >= 11 is 0. The molecule has 2 aromatic rings. The molecule has 1 aliphatic heterocycles. The minimum atomic E-state index is -3.75. The van der Waals surface area contributed by atoms with Gasteiger partial charge in [-0.1, -0.05) is 6.07 Å². The van der Waals surface area contributed by atoms with Gasteiger partial charge in [0.05, 0.1) is 10.9 Å². The van der Waals surface area contributed by atoms with E-state index in [9.17, 15) is 17.2 Å². The zero-order valence-corrected chi connectivity index (χ0v) is 14.7. The fraction of sp³-hybridized carbons (Fsp3) is 0.353. The van der Waals surface area contributed by atoms with Crippen molar-refractivity contribution in [1.29, 1.82) is 0 Å². The monoisotopic (exact) mass is 383 g/mol. The maximum absolute atomic E-state index is 13.1. The number of benzene rings is 1. The topological polar surface area (TPSA) is 71.5 Å². The molecule has 1 unspecified atom stereocenters. The first-order valence-corrected chi connectivity index (χ1v) is 9.56. The van der Waals surface area contributed by atoms with Crippen LogP contribution >= 0.6 is 0 Å². The number of nitrogens with one attached hydrogen (secondary N) is 1. The molecule has 6 nitrogen and oxygen atoms in total. The van der Waals surface area contributed by atoms with Gasteiger partial charge < -0.3 is 10.1 Å². The number of pyridine rings is 1. The van der Waals surface area contributed by atoms with E-state index in [-0.39, 0.29) is 16.7 Å². The molecule has 9 heteroatoms. The summed E-state index contributed by atoms with van der Waals surface area (Å²) in [6.07, 6.45) is 0.706. The van der Waals surface area contributed by atoms with E-state index < -0.39 is 23.1 Å². The van der Waals surface area contributed by atoms with Crippen LogP contribution in [0.1, 0.15) is 11.6 Å². The molecule has 2 heterocycles. The van der Waals surface area contributed by atoms with Crippen LogP contribution in [0.3, 0.4) is 0 Å². The van der Waals surface area contributed by atoms with Crippen LogP contribution in [0.25, 0.3) is 0 Å². The van der Waals surface area contributed by atoms with E-state index in [1.165, 1.54) is 28.6 Å². The highest BCUT2D eigenvalue weighted by atomic mass is 32.2. The van der Waals surface area contributed by atoms with Crippen LogP contribution in [-0.4, -0.2) is 50.4 Å². The van der Waals surface area contributed by atoms with E-state index in [1.807, 2.05) is 6.07 Å². The average Bonchev–Trinajstić information content (AvgIpc) is 2.67. The summed E-state index contributed by atoms with van der Waals surface area (Å²) in [6, 6.07) is 8.76. The average molecular weight is 383 g/mol. The number of alkyl halides is 2. The number of piperazine rings is 1. The number of aromatic nitrogens is 1. The van der Waals surface area contributed by atoms with Gasteiger partial charge in [0.25, 0.3) is 6.43 Å². The summed E-state index contributed by atoms with van der Waals surface area (Å²) in [5.41, 5.74) is 0.806. The van der Waals surface area contributed by atoms with Crippen molar-refractivity contribution >= 4 is 10.0 Å². The van der Waals surface area contributed by atoms with Gasteiger partial charge in [-0.2, -0.15) is 4.31 Å². The fourth-order valence-corrected chi connectivity index (χ4v) is 4.45. The Balaban J connectivity index is 1.83. The molecule has 0 amide bonds. The van der Waals surface area contributed by atoms with E-state index in [0.717, 1.165) is 5.56 Å². The van der Waals surface area contributed by atoms with Gasteiger partial charge in [-0.05, 0) is 35.9 Å². The zero-order chi connectivity index (χ0) is 18.6. The number of halogens is 2. The van der Waals surface area contributed by atoms with Crippen LogP contribution in [0.15, 0.2) is 53.7 Å². The van der Waals surface area contributed by atoms with Gasteiger partial charge in [0.1, 0.15) is 12.4 Å².